The summed E-state index contributed by atoms with van der Waals surface area (Å²) in [6.45, 7) is 11.2. The summed E-state index contributed by atoms with van der Waals surface area (Å²) in [7, 11) is 0. The molecule has 2 aromatic heterocycles. The van der Waals surface area contributed by atoms with Crippen molar-refractivity contribution in [2.75, 3.05) is 19.7 Å². The first-order valence-electron chi connectivity index (χ1n) is 12.4. The zero-order valence-electron chi connectivity index (χ0n) is 20.9. The molecule has 5 rings (SSSR count). The molecule has 1 aliphatic heterocycles. The molecule has 0 N–H and O–H groups in total. The maximum absolute atomic E-state index is 11.7. The van der Waals surface area contributed by atoms with Gasteiger partial charge in [-0.15, -0.1) is 0 Å². The number of ether oxygens (including phenoxy) is 1. The van der Waals surface area contributed by atoms with Gasteiger partial charge in [0.15, 0.2) is 0 Å². The van der Waals surface area contributed by atoms with E-state index in [1.807, 2.05) is 13.0 Å². The number of esters is 1. The third-order valence-electron chi connectivity index (χ3n) is 6.90. The van der Waals surface area contributed by atoms with Crippen LogP contribution in [0.3, 0.4) is 0 Å². The van der Waals surface area contributed by atoms with Crippen LogP contribution in [0.25, 0.3) is 33.7 Å². The molecule has 1 aliphatic rings. The van der Waals surface area contributed by atoms with E-state index in [9.17, 15) is 4.79 Å². The molecule has 0 bridgehead atoms. The number of fused-ring (bicyclic) bond motifs is 2. The molecule has 3 heterocycles. The maximum Gasteiger partial charge on any atom is 0.307 e. The second kappa shape index (κ2) is 9.66. The molecule has 0 fully saturated rings. The molecule has 0 saturated carbocycles. The summed E-state index contributed by atoms with van der Waals surface area (Å²) in [6, 6.07) is 13.0. The van der Waals surface area contributed by atoms with Crippen LogP contribution in [-0.2, 0) is 22.5 Å². The van der Waals surface area contributed by atoms with Crippen LogP contribution in [0.1, 0.15) is 49.9 Å². The normalized spacial score (nSPS) is 14.0. The molecule has 182 valence electrons. The molecule has 7 heteroatoms. The second-order valence-corrected chi connectivity index (χ2v) is 9.47. The summed E-state index contributed by atoms with van der Waals surface area (Å²) in [4.78, 5) is 18.8. The first-order valence-corrected chi connectivity index (χ1v) is 12.4. The highest BCUT2D eigenvalue weighted by Crippen LogP contribution is 2.32. The first-order chi connectivity index (χ1) is 16.9. The Hall–Kier alpha value is -3.45. The highest BCUT2D eigenvalue weighted by atomic mass is 16.5. The fourth-order valence-corrected chi connectivity index (χ4v) is 5.01. The van der Waals surface area contributed by atoms with Crippen molar-refractivity contribution in [1.29, 1.82) is 0 Å². The predicted octanol–water partition coefficient (Wildman–Crippen LogP) is 5.56. The lowest BCUT2D eigenvalue weighted by molar-refractivity contribution is -0.143. The van der Waals surface area contributed by atoms with Gasteiger partial charge in [-0.2, -0.15) is 4.98 Å². The van der Waals surface area contributed by atoms with Crippen molar-refractivity contribution in [3.8, 4) is 22.8 Å². The standard InChI is InChI=1S/C28H32N4O3/c1-5-34-26(33)12-14-31-13-11-23-19(4)24(8-6-22(23)17-31)27-29-28(35-30-27)21-7-9-25-20(16-21)10-15-32(25)18(2)3/h6-10,15-16,18H,5,11-14,17H2,1-4H3. The van der Waals surface area contributed by atoms with Gasteiger partial charge in [0.1, 0.15) is 0 Å². The SMILES string of the molecule is CCOC(=O)CCN1CCc2c(ccc(-c3noc(-c4ccc5c(ccn5C(C)C)c4)n3)c2C)C1. The van der Waals surface area contributed by atoms with E-state index in [1.54, 1.807) is 0 Å². The van der Waals surface area contributed by atoms with Crippen molar-refractivity contribution in [2.45, 2.75) is 53.1 Å². The van der Waals surface area contributed by atoms with Gasteiger partial charge in [0, 0.05) is 53.9 Å². The summed E-state index contributed by atoms with van der Waals surface area (Å²) < 4.78 is 13.0. The zero-order chi connectivity index (χ0) is 24.5. The molecule has 0 radical (unpaired) electrons. The Balaban J connectivity index is 1.35. The second-order valence-electron chi connectivity index (χ2n) is 9.47. The Bertz CT molecular complexity index is 1370. The van der Waals surface area contributed by atoms with Crippen molar-refractivity contribution in [3.63, 3.8) is 0 Å². The van der Waals surface area contributed by atoms with Crippen molar-refractivity contribution in [3.05, 3.63) is 59.3 Å². The van der Waals surface area contributed by atoms with Crippen LogP contribution in [0.15, 0.2) is 47.1 Å². The van der Waals surface area contributed by atoms with Crippen LogP contribution in [0.5, 0.6) is 0 Å². The zero-order valence-corrected chi connectivity index (χ0v) is 20.9. The van der Waals surface area contributed by atoms with Gasteiger partial charge >= 0.3 is 5.97 Å². The van der Waals surface area contributed by atoms with Crippen LogP contribution in [0, 0.1) is 6.92 Å². The lowest BCUT2D eigenvalue weighted by Crippen LogP contribution is -2.33. The highest BCUT2D eigenvalue weighted by Gasteiger charge is 2.22. The van der Waals surface area contributed by atoms with Gasteiger partial charge in [-0.1, -0.05) is 17.3 Å². The molecular weight excluding hydrogens is 440 g/mol. The summed E-state index contributed by atoms with van der Waals surface area (Å²) in [5.74, 6) is 1.01. The van der Waals surface area contributed by atoms with Gasteiger partial charge in [-0.3, -0.25) is 9.69 Å². The van der Waals surface area contributed by atoms with Gasteiger partial charge in [0.05, 0.1) is 13.0 Å². The molecule has 2 aromatic carbocycles. The van der Waals surface area contributed by atoms with Crippen molar-refractivity contribution >= 4 is 16.9 Å². The number of carbonyl (C=O) groups excluding carboxylic acids is 1. The van der Waals surface area contributed by atoms with Gasteiger partial charge < -0.3 is 13.8 Å². The lowest BCUT2D eigenvalue weighted by atomic mass is 9.91. The minimum atomic E-state index is -0.130. The van der Waals surface area contributed by atoms with E-state index >= 15 is 0 Å². The van der Waals surface area contributed by atoms with Crippen LogP contribution < -0.4 is 0 Å². The smallest absolute Gasteiger partial charge is 0.307 e. The molecule has 0 saturated heterocycles. The van der Waals surface area contributed by atoms with E-state index in [2.05, 4.69) is 71.9 Å². The number of hydrogen-bond acceptors (Lipinski definition) is 6. The fourth-order valence-electron chi connectivity index (χ4n) is 5.01. The molecule has 7 nitrogen and oxygen atoms in total. The van der Waals surface area contributed by atoms with E-state index in [-0.39, 0.29) is 5.97 Å². The summed E-state index contributed by atoms with van der Waals surface area (Å²) >= 11 is 0. The van der Waals surface area contributed by atoms with Crippen molar-refractivity contribution in [2.24, 2.45) is 0 Å². The fraction of sp³-hybridized carbons (Fsp3) is 0.393. The number of hydrogen-bond donors (Lipinski definition) is 0. The van der Waals surface area contributed by atoms with Crippen molar-refractivity contribution < 1.29 is 14.1 Å². The van der Waals surface area contributed by atoms with Gasteiger partial charge in [0.25, 0.3) is 5.89 Å². The molecule has 0 atom stereocenters. The number of carbonyl (C=O) groups is 1. The van der Waals surface area contributed by atoms with Crippen LogP contribution in [-0.4, -0.2) is 45.3 Å². The topological polar surface area (TPSA) is 73.4 Å². The van der Waals surface area contributed by atoms with Gasteiger partial charge in [-0.25, -0.2) is 0 Å². The average Bonchev–Trinajstić information content (AvgIpc) is 3.50. The summed E-state index contributed by atoms with van der Waals surface area (Å²) in [6.07, 6.45) is 3.48. The molecule has 0 unspecified atom stereocenters. The van der Waals surface area contributed by atoms with Crippen LogP contribution in [0.4, 0.5) is 0 Å². The summed E-state index contributed by atoms with van der Waals surface area (Å²) in [5.41, 5.74) is 6.97. The minimum absolute atomic E-state index is 0.130. The molecule has 0 amide bonds. The van der Waals surface area contributed by atoms with Gasteiger partial charge in [-0.05, 0) is 75.1 Å². The van der Waals surface area contributed by atoms with Gasteiger partial charge in [0.2, 0.25) is 5.82 Å². The highest BCUT2D eigenvalue weighted by molar-refractivity contribution is 5.84. The largest absolute Gasteiger partial charge is 0.466 e. The number of nitrogens with zero attached hydrogens (tertiary/aromatic N) is 4. The molecule has 0 aliphatic carbocycles. The van der Waals surface area contributed by atoms with E-state index in [1.165, 1.54) is 22.2 Å². The Kier molecular flexibility index (Phi) is 6.43. The van der Waals surface area contributed by atoms with E-state index in [0.717, 1.165) is 42.6 Å². The number of benzene rings is 2. The number of rotatable bonds is 7. The molecule has 0 spiro atoms. The Morgan fingerprint density at radius 3 is 2.86 bits per heavy atom. The molecule has 35 heavy (non-hydrogen) atoms. The predicted molar refractivity (Wildman–Crippen MR) is 136 cm³/mol. The molecular formula is C28H32N4O3. The first kappa shape index (κ1) is 23.3. The van der Waals surface area contributed by atoms with E-state index in [0.29, 0.717) is 30.8 Å². The Morgan fingerprint density at radius 2 is 2.06 bits per heavy atom. The average molecular weight is 473 g/mol. The molecule has 4 aromatic rings. The number of aromatic nitrogens is 3. The summed E-state index contributed by atoms with van der Waals surface area (Å²) in [5, 5.41) is 5.47. The quantitative estimate of drug-likeness (QED) is 0.328. The van der Waals surface area contributed by atoms with Crippen LogP contribution in [0.2, 0.25) is 0 Å². The van der Waals surface area contributed by atoms with Crippen molar-refractivity contribution in [1.82, 2.24) is 19.6 Å². The van der Waals surface area contributed by atoms with Crippen LogP contribution >= 0.6 is 0 Å². The maximum atomic E-state index is 11.7. The monoisotopic (exact) mass is 472 g/mol. The Morgan fingerprint density at radius 1 is 1.20 bits per heavy atom. The third-order valence-corrected chi connectivity index (χ3v) is 6.90. The lowest BCUT2D eigenvalue weighted by Gasteiger charge is -2.30. The van der Waals surface area contributed by atoms with E-state index in [4.69, 9.17) is 14.2 Å². The Labute approximate surface area is 205 Å². The third kappa shape index (κ3) is 4.60. The minimum Gasteiger partial charge on any atom is -0.466 e. The van der Waals surface area contributed by atoms with E-state index < -0.39 is 0 Å².